The van der Waals surface area contributed by atoms with Gasteiger partial charge in [-0.25, -0.2) is 0 Å². The second kappa shape index (κ2) is 7.67. The Hall–Kier alpha value is -1.71. The van der Waals surface area contributed by atoms with Gasteiger partial charge in [-0.2, -0.15) is 0 Å². The van der Waals surface area contributed by atoms with Gasteiger partial charge in [0, 0.05) is 19.0 Å². The summed E-state index contributed by atoms with van der Waals surface area (Å²) in [5.74, 6) is 2.04. The van der Waals surface area contributed by atoms with Crippen LogP contribution >= 0.6 is 0 Å². The molecule has 0 bridgehead atoms. The molecule has 1 N–H and O–H groups in total. The number of hydrogen-bond acceptors (Lipinski definition) is 3. The third kappa shape index (κ3) is 5.20. The minimum absolute atomic E-state index is 0.0995. The molecule has 0 aromatic heterocycles. The van der Waals surface area contributed by atoms with E-state index < -0.39 is 0 Å². The van der Waals surface area contributed by atoms with Gasteiger partial charge in [-0.15, -0.1) is 0 Å². The van der Waals surface area contributed by atoms with Gasteiger partial charge in [-0.1, -0.05) is 19.9 Å². The van der Waals surface area contributed by atoms with Crippen LogP contribution in [-0.4, -0.2) is 26.7 Å². The number of carbonyl (C=O) groups is 1. The normalized spacial score (nSPS) is 10.4. The molecule has 4 nitrogen and oxygen atoms in total. The van der Waals surface area contributed by atoms with Crippen molar-refractivity contribution in [3.63, 3.8) is 0 Å². The number of hydrogen-bond donors (Lipinski definition) is 1. The molecule has 1 aromatic carbocycles. The van der Waals surface area contributed by atoms with Gasteiger partial charge in [0.25, 0.3) is 0 Å². The maximum Gasteiger partial charge on any atom is 0.220 e. The number of rotatable bonds is 7. The van der Waals surface area contributed by atoms with Gasteiger partial charge in [0.1, 0.15) is 11.5 Å². The zero-order chi connectivity index (χ0) is 14.3. The van der Waals surface area contributed by atoms with Crippen LogP contribution in [0.3, 0.4) is 0 Å². The van der Waals surface area contributed by atoms with Crippen molar-refractivity contribution in [1.29, 1.82) is 0 Å². The first-order valence-corrected chi connectivity index (χ1v) is 6.54. The Bertz CT molecular complexity index is 416. The summed E-state index contributed by atoms with van der Waals surface area (Å²) in [6, 6.07) is 5.71. The topological polar surface area (TPSA) is 47.6 Å². The number of benzene rings is 1. The van der Waals surface area contributed by atoms with Crippen LogP contribution in [0.15, 0.2) is 18.2 Å². The van der Waals surface area contributed by atoms with E-state index in [2.05, 4.69) is 5.32 Å². The molecule has 0 aliphatic heterocycles. The van der Waals surface area contributed by atoms with Gasteiger partial charge < -0.3 is 14.8 Å². The van der Waals surface area contributed by atoms with Crippen LogP contribution < -0.4 is 14.8 Å². The standard InChI is InChI=1S/C15H23NO3/c1-11(2)9-15(17)16-8-7-12-5-6-13(18-3)10-14(12)19-4/h5-6,10-11H,7-9H2,1-4H3,(H,16,17). The minimum Gasteiger partial charge on any atom is -0.497 e. The van der Waals surface area contributed by atoms with Gasteiger partial charge in [0.15, 0.2) is 0 Å². The highest BCUT2D eigenvalue weighted by Crippen LogP contribution is 2.24. The fourth-order valence-electron chi connectivity index (χ4n) is 1.84. The molecule has 0 aliphatic rings. The lowest BCUT2D eigenvalue weighted by molar-refractivity contribution is -0.121. The summed E-state index contributed by atoms with van der Waals surface area (Å²) in [5.41, 5.74) is 1.06. The average Bonchev–Trinajstić information content (AvgIpc) is 2.38. The monoisotopic (exact) mass is 265 g/mol. The van der Waals surface area contributed by atoms with Gasteiger partial charge in [-0.05, 0) is 24.0 Å². The molecule has 0 fully saturated rings. The largest absolute Gasteiger partial charge is 0.497 e. The van der Waals surface area contributed by atoms with Crippen LogP contribution in [0.1, 0.15) is 25.8 Å². The van der Waals surface area contributed by atoms with Crippen molar-refractivity contribution < 1.29 is 14.3 Å². The molecule has 1 aromatic rings. The molecule has 0 saturated heterocycles. The van der Waals surface area contributed by atoms with E-state index in [-0.39, 0.29) is 5.91 Å². The zero-order valence-electron chi connectivity index (χ0n) is 12.2. The van der Waals surface area contributed by atoms with Crippen molar-refractivity contribution in [2.24, 2.45) is 5.92 Å². The molecule has 19 heavy (non-hydrogen) atoms. The Morgan fingerprint density at radius 3 is 2.58 bits per heavy atom. The summed E-state index contributed by atoms with van der Waals surface area (Å²) in [7, 11) is 3.26. The van der Waals surface area contributed by atoms with Crippen molar-refractivity contribution in [2.75, 3.05) is 20.8 Å². The molecule has 0 aliphatic carbocycles. The van der Waals surface area contributed by atoms with E-state index >= 15 is 0 Å². The molecule has 106 valence electrons. The van der Waals surface area contributed by atoms with Crippen molar-refractivity contribution in [3.8, 4) is 11.5 Å². The summed E-state index contributed by atoms with van der Waals surface area (Å²) in [5, 5.41) is 2.92. The van der Waals surface area contributed by atoms with Gasteiger partial charge >= 0.3 is 0 Å². The molecule has 1 amide bonds. The first-order valence-electron chi connectivity index (χ1n) is 6.54. The van der Waals surface area contributed by atoms with E-state index in [1.54, 1.807) is 14.2 Å². The Kier molecular flexibility index (Phi) is 6.19. The van der Waals surface area contributed by atoms with E-state index in [1.165, 1.54) is 0 Å². The highest BCUT2D eigenvalue weighted by atomic mass is 16.5. The molecular weight excluding hydrogens is 242 g/mol. The lowest BCUT2D eigenvalue weighted by atomic mass is 10.1. The summed E-state index contributed by atoms with van der Waals surface area (Å²) in [4.78, 5) is 11.5. The predicted molar refractivity (Wildman–Crippen MR) is 75.7 cm³/mol. The van der Waals surface area contributed by atoms with Gasteiger partial charge in [0.05, 0.1) is 14.2 Å². The average molecular weight is 265 g/mol. The molecule has 0 unspecified atom stereocenters. The van der Waals surface area contributed by atoms with Crippen LogP contribution in [0.4, 0.5) is 0 Å². The van der Waals surface area contributed by atoms with Crippen molar-refractivity contribution in [1.82, 2.24) is 5.32 Å². The lowest BCUT2D eigenvalue weighted by Gasteiger charge is -2.11. The van der Waals surface area contributed by atoms with E-state index in [9.17, 15) is 4.79 Å². The first-order chi connectivity index (χ1) is 9.06. The Labute approximate surface area is 115 Å². The molecule has 1 rings (SSSR count). The maximum absolute atomic E-state index is 11.5. The van der Waals surface area contributed by atoms with E-state index in [4.69, 9.17) is 9.47 Å². The minimum atomic E-state index is 0.0995. The van der Waals surface area contributed by atoms with Crippen LogP contribution in [0.2, 0.25) is 0 Å². The van der Waals surface area contributed by atoms with E-state index in [1.807, 2.05) is 32.0 Å². The Balaban J connectivity index is 2.51. The number of carbonyl (C=O) groups excluding carboxylic acids is 1. The maximum atomic E-state index is 11.5. The van der Waals surface area contributed by atoms with Crippen molar-refractivity contribution in [2.45, 2.75) is 26.7 Å². The molecule has 0 spiro atoms. The number of methoxy groups -OCH3 is 2. The highest BCUT2D eigenvalue weighted by molar-refractivity contribution is 5.76. The molecule has 4 heteroatoms. The van der Waals surface area contributed by atoms with Gasteiger partial charge in [0.2, 0.25) is 5.91 Å². The zero-order valence-corrected chi connectivity index (χ0v) is 12.2. The smallest absolute Gasteiger partial charge is 0.220 e. The number of ether oxygens (including phenoxy) is 2. The quantitative estimate of drug-likeness (QED) is 0.823. The molecular formula is C15H23NO3. The Morgan fingerprint density at radius 2 is 2.00 bits per heavy atom. The second-order valence-electron chi connectivity index (χ2n) is 4.88. The third-order valence-corrected chi connectivity index (χ3v) is 2.80. The number of amides is 1. The molecule has 0 radical (unpaired) electrons. The fourth-order valence-corrected chi connectivity index (χ4v) is 1.84. The summed E-state index contributed by atoms with van der Waals surface area (Å²) < 4.78 is 10.5. The SMILES string of the molecule is COc1ccc(CCNC(=O)CC(C)C)c(OC)c1. The van der Waals surface area contributed by atoms with E-state index in [0.717, 1.165) is 23.5 Å². The van der Waals surface area contributed by atoms with Crippen molar-refractivity contribution >= 4 is 5.91 Å². The van der Waals surface area contributed by atoms with Crippen LogP contribution in [0, 0.1) is 5.92 Å². The molecule has 0 atom stereocenters. The Morgan fingerprint density at radius 1 is 1.26 bits per heavy atom. The second-order valence-corrected chi connectivity index (χ2v) is 4.88. The van der Waals surface area contributed by atoms with Crippen molar-refractivity contribution in [3.05, 3.63) is 23.8 Å². The number of nitrogens with one attached hydrogen (secondary N) is 1. The summed E-state index contributed by atoms with van der Waals surface area (Å²) in [6.07, 6.45) is 1.32. The third-order valence-electron chi connectivity index (χ3n) is 2.80. The van der Waals surface area contributed by atoms with E-state index in [0.29, 0.717) is 18.9 Å². The van der Waals surface area contributed by atoms with Gasteiger partial charge in [-0.3, -0.25) is 4.79 Å². The lowest BCUT2D eigenvalue weighted by Crippen LogP contribution is -2.26. The molecule has 0 saturated carbocycles. The first kappa shape index (κ1) is 15.3. The van der Waals surface area contributed by atoms with Crippen LogP contribution in [0.25, 0.3) is 0 Å². The van der Waals surface area contributed by atoms with Crippen LogP contribution in [-0.2, 0) is 11.2 Å². The molecule has 0 heterocycles. The highest BCUT2D eigenvalue weighted by Gasteiger charge is 2.07. The summed E-state index contributed by atoms with van der Waals surface area (Å²) in [6.45, 7) is 4.69. The summed E-state index contributed by atoms with van der Waals surface area (Å²) >= 11 is 0. The van der Waals surface area contributed by atoms with Crippen LogP contribution in [0.5, 0.6) is 11.5 Å². The fraction of sp³-hybridized carbons (Fsp3) is 0.533. The predicted octanol–water partition coefficient (Wildman–Crippen LogP) is 2.41.